The molecule has 6 heteroatoms. The number of rotatable bonds is 3. The van der Waals surface area contributed by atoms with Gasteiger partial charge < -0.3 is 5.32 Å². The van der Waals surface area contributed by atoms with E-state index < -0.39 is 0 Å². The number of hydrogen-bond donors (Lipinski definition) is 1. The number of alkyl halides is 1. The molecule has 1 unspecified atom stereocenters. The molecule has 0 aliphatic heterocycles. The smallest absolute Gasteiger partial charge is 0.233 e. The van der Waals surface area contributed by atoms with Gasteiger partial charge in [0.25, 0.3) is 0 Å². The molecular formula is C13H13ClN2OS2. The van der Waals surface area contributed by atoms with Gasteiger partial charge in [0.15, 0.2) is 5.13 Å². The van der Waals surface area contributed by atoms with E-state index in [4.69, 9.17) is 11.6 Å². The Bertz CT molecular complexity index is 593. The van der Waals surface area contributed by atoms with Crippen LogP contribution in [0.25, 0.3) is 0 Å². The van der Waals surface area contributed by atoms with E-state index in [0.717, 1.165) is 25.0 Å². The summed E-state index contributed by atoms with van der Waals surface area (Å²) in [5.41, 5.74) is 2.00. The van der Waals surface area contributed by atoms with Crippen LogP contribution in [0.1, 0.15) is 34.9 Å². The molecule has 0 bridgehead atoms. The highest BCUT2D eigenvalue weighted by Crippen LogP contribution is 2.35. The first-order valence-electron chi connectivity index (χ1n) is 6.15. The van der Waals surface area contributed by atoms with Crippen LogP contribution in [0.15, 0.2) is 16.8 Å². The highest BCUT2D eigenvalue weighted by Gasteiger charge is 2.27. The third kappa shape index (κ3) is 2.68. The van der Waals surface area contributed by atoms with Crippen molar-refractivity contribution < 1.29 is 4.79 Å². The van der Waals surface area contributed by atoms with Gasteiger partial charge in [0.05, 0.1) is 17.5 Å². The molecule has 2 heterocycles. The fourth-order valence-corrected chi connectivity index (χ4v) is 4.31. The third-order valence-corrected chi connectivity index (χ3v) is 5.36. The monoisotopic (exact) mass is 312 g/mol. The lowest BCUT2D eigenvalue weighted by Gasteiger charge is -2.21. The average molecular weight is 313 g/mol. The predicted molar refractivity (Wildman–Crippen MR) is 80.3 cm³/mol. The van der Waals surface area contributed by atoms with Gasteiger partial charge in [-0.15, -0.1) is 34.3 Å². The Balaban J connectivity index is 1.75. The number of nitrogens with one attached hydrogen (secondary N) is 1. The molecule has 3 nitrogen and oxygen atoms in total. The van der Waals surface area contributed by atoms with Gasteiger partial charge in [-0.2, -0.15) is 0 Å². The molecule has 0 spiro atoms. The number of halogens is 1. The van der Waals surface area contributed by atoms with E-state index in [1.807, 2.05) is 5.38 Å². The zero-order chi connectivity index (χ0) is 13.2. The molecule has 1 aliphatic rings. The van der Waals surface area contributed by atoms with Crippen molar-refractivity contribution >= 4 is 45.3 Å². The number of carbonyl (C=O) groups excluding carboxylic acids is 1. The second-order valence-corrected chi connectivity index (χ2v) is 6.64. The van der Waals surface area contributed by atoms with Crippen LogP contribution in [0, 0.1) is 0 Å². The summed E-state index contributed by atoms with van der Waals surface area (Å²) in [6.07, 6.45) is 3.10. The molecule has 0 saturated heterocycles. The number of carbonyl (C=O) groups is 1. The number of nitrogens with zero attached hydrogens (tertiary/aromatic N) is 1. The van der Waals surface area contributed by atoms with Gasteiger partial charge in [-0.05, 0) is 36.3 Å². The first kappa shape index (κ1) is 13.1. The number of thiophene rings is 1. The van der Waals surface area contributed by atoms with Gasteiger partial charge in [-0.3, -0.25) is 4.79 Å². The van der Waals surface area contributed by atoms with Crippen molar-refractivity contribution in [1.29, 1.82) is 0 Å². The fraction of sp³-hybridized carbons (Fsp3) is 0.385. The van der Waals surface area contributed by atoms with Crippen LogP contribution in [0.5, 0.6) is 0 Å². The van der Waals surface area contributed by atoms with Gasteiger partial charge in [0, 0.05) is 10.3 Å². The maximum atomic E-state index is 12.4. The Hall–Kier alpha value is -0.910. The number of thiazole rings is 1. The molecule has 100 valence electrons. The molecular weight excluding hydrogens is 300 g/mol. The molecule has 2 aromatic rings. The summed E-state index contributed by atoms with van der Waals surface area (Å²) < 4.78 is 0. The third-order valence-electron chi connectivity index (χ3n) is 3.29. The first-order valence-corrected chi connectivity index (χ1v) is 8.45. The molecule has 1 amide bonds. The zero-order valence-electron chi connectivity index (χ0n) is 10.2. The van der Waals surface area contributed by atoms with E-state index in [0.29, 0.717) is 11.0 Å². The topological polar surface area (TPSA) is 42.0 Å². The van der Waals surface area contributed by atoms with Crippen LogP contribution in [0.3, 0.4) is 0 Å². The maximum Gasteiger partial charge on any atom is 0.233 e. The summed E-state index contributed by atoms with van der Waals surface area (Å²) in [5.74, 6) is 0.401. The highest BCUT2D eigenvalue weighted by atomic mass is 35.5. The SMILES string of the molecule is O=C(Nc1nc(CCl)cs1)C1CCCc2sccc21. The lowest BCUT2D eigenvalue weighted by molar-refractivity contribution is -0.117. The molecule has 1 aliphatic carbocycles. The Morgan fingerprint density at radius 2 is 2.42 bits per heavy atom. The van der Waals surface area contributed by atoms with Crippen molar-refractivity contribution in [3.05, 3.63) is 33.0 Å². The van der Waals surface area contributed by atoms with Crippen molar-refractivity contribution in [2.24, 2.45) is 0 Å². The van der Waals surface area contributed by atoms with Crippen LogP contribution in [0.4, 0.5) is 5.13 Å². The minimum Gasteiger partial charge on any atom is -0.301 e. The van der Waals surface area contributed by atoms with Crippen molar-refractivity contribution in [1.82, 2.24) is 4.98 Å². The zero-order valence-corrected chi connectivity index (χ0v) is 12.6. The second kappa shape index (κ2) is 5.61. The first-order chi connectivity index (χ1) is 9.28. The minimum absolute atomic E-state index is 0.0293. The van der Waals surface area contributed by atoms with Crippen molar-refractivity contribution in [3.63, 3.8) is 0 Å². The molecule has 0 saturated carbocycles. The number of aromatic nitrogens is 1. The normalized spacial score (nSPS) is 18.1. The number of aryl methyl sites for hydroxylation is 1. The molecule has 19 heavy (non-hydrogen) atoms. The fourth-order valence-electron chi connectivity index (χ4n) is 2.38. The Labute approximate surface area is 124 Å². The van der Waals surface area contributed by atoms with Crippen LogP contribution in [-0.2, 0) is 17.1 Å². The summed E-state index contributed by atoms with van der Waals surface area (Å²) in [5, 5.41) is 7.50. The highest BCUT2D eigenvalue weighted by molar-refractivity contribution is 7.14. The Kier molecular flexibility index (Phi) is 3.86. The predicted octanol–water partition coefficient (Wildman–Crippen LogP) is 4.00. The van der Waals surface area contributed by atoms with Crippen LogP contribution >= 0.6 is 34.3 Å². The number of hydrogen-bond acceptors (Lipinski definition) is 4. The van der Waals surface area contributed by atoms with Gasteiger partial charge >= 0.3 is 0 Å². The summed E-state index contributed by atoms with van der Waals surface area (Å²) in [7, 11) is 0. The summed E-state index contributed by atoms with van der Waals surface area (Å²) >= 11 is 8.89. The molecule has 0 fully saturated rings. The molecule has 1 atom stereocenters. The molecule has 1 N–H and O–H groups in total. The minimum atomic E-state index is -0.0293. The average Bonchev–Trinajstić information content (AvgIpc) is 3.05. The summed E-state index contributed by atoms with van der Waals surface area (Å²) in [6.45, 7) is 0. The standard InChI is InChI=1S/C13H13ClN2OS2/c14-6-8-7-19-13(15-8)16-12(17)10-2-1-3-11-9(10)4-5-18-11/h4-5,7,10H,1-3,6H2,(H,15,16,17). The Morgan fingerprint density at radius 3 is 3.21 bits per heavy atom. The lowest BCUT2D eigenvalue weighted by Crippen LogP contribution is -2.23. The van der Waals surface area contributed by atoms with E-state index in [-0.39, 0.29) is 11.8 Å². The molecule has 3 rings (SSSR count). The van der Waals surface area contributed by atoms with Crippen molar-refractivity contribution in [3.8, 4) is 0 Å². The number of amides is 1. The molecule has 0 aromatic carbocycles. The van der Waals surface area contributed by atoms with Gasteiger partial charge in [0.2, 0.25) is 5.91 Å². The largest absolute Gasteiger partial charge is 0.301 e. The lowest BCUT2D eigenvalue weighted by atomic mass is 9.87. The van der Waals surface area contributed by atoms with Crippen molar-refractivity contribution in [2.75, 3.05) is 5.32 Å². The van der Waals surface area contributed by atoms with E-state index in [9.17, 15) is 4.79 Å². The maximum absolute atomic E-state index is 12.4. The Morgan fingerprint density at radius 1 is 1.53 bits per heavy atom. The van der Waals surface area contributed by atoms with Crippen LogP contribution < -0.4 is 5.32 Å². The number of fused-ring (bicyclic) bond motifs is 1. The van der Waals surface area contributed by atoms with E-state index in [1.54, 1.807) is 11.3 Å². The van der Waals surface area contributed by atoms with Gasteiger partial charge in [-0.1, -0.05) is 0 Å². The molecule has 0 radical (unpaired) electrons. The van der Waals surface area contributed by atoms with E-state index in [2.05, 4.69) is 21.7 Å². The van der Waals surface area contributed by atoms with E-state index >= 15 is 0 Å². The summed E-state index contributed by atoms with van der Waals surface area (Å²) in [4.78, 5) is 18.0. The van der Waals surface area contributed by atoms with Crippen molar-refractivity contribution in [2.45, 2.75) is 31.1 Å². The van der Waals surface area contributed by atoms with Crippen LogP contribution in [-0.4, -0.2) is 10.9 Å². The second-order valence-electron chi connectivity index (χ2n) is 4.51. The van der Waals surface area contributed by atoms with E-state index in [1.165, 1.54) is 21.8 Å². The number of anilines is 1. The van der Waals surface area contributed by atoms with Crippen LogP contribution in [0.2, 0.25) is 0 Å². The molecule has 2 aromatic heterocycles. The quantitative estimate of drug-likeness (QED) is 0.870. The summed E-state index contributed by atoms with van der Waals surface area (Å²) in [6, 6.07) is 2.08. The van der Waals surface area contributed by atoms with Gasteiger partial charge in [-0.25, -0.2) is 4.98 Å². The van der Waals surface area contributed by atoms with Gasteiger partial charge in [0.1, 0.15) is 0 Å².